The van der Waals surface area contributed by atoms with Gasteiger partial charge in [0.2, 0.25) is 0 Å². The molecule has 0 spiro atoms. The molecule has 0 radical (unpaired) electrons. The van der Waals surface area contributed by atoms with Crippen molar-refractivity contribution in [2.24, 2.45) is 0 Å². The minimum atomic E-state index is -1.03. The lowest BCUT2D eigenvalue weighted by Crippen LogP contribution is -2.07. The Hall–Kier alpha value is -1.00. The van der Waals surface area contributed by atoms with Gasteiger partial charge in [-0.3, -0.25) is 8.42 Å². The first-order valence-corrected chi connectivity index (χ1v) is 7.61. The molecule has 0 fully saturated rings. The minimum Gasteiger partial charge on any atom is -0.256 e. The first-order chi connectivity index (χ1) is 7.77. The van der Waals surface area contributed by atoms with E-state index in [1.807, 2.05) is 48.5 Å². The molecule has 2 unspecified atom stereocenters. The standard InChI is InChI=1S/C12H12O2S2/c13-15(11-5-1-2-6-11)9-10-16(14)12-7-3-4-8-12/h1-8H,9-10H2/q-2. The van der Waals surface area contributed by atoms with Gasteiger partial charge in [-0.15, -0.1) is 0 Å². The van der Waals surface area contributed by atoms with Crippen LogP contribution in [0.15, 0.2) is 58.3 Å². The Bertz CT molecular complexity index is 423. The number of rotatable bonds is 5. The van der Waals surface area contributed by atoms with Crippen LogP contribution in [0.4, 0.5) is 0 Å². The Kier molecular flexibility index (Phi) is 3.85. The molecular formula is C12H12O2S2-2. The van der Waals surface area contributed by atoms with Gasteiger partial charge in [0.05, 0.1) is 0 Å². The molecule has 2 aromatic rings. The molecule has 4 heteroatoms. The summed E-state index contributed by atoms with van der Waals surface area (Å²) in [5.41, 5.74) is 0. The van der Waals surface area contributed by atoms with Crippen molar-refractivity contribution in [3.8, 4) is 0 Å². The molecule has 0 bridgehead atoms. The summed E-state index contributed by atoms with van der Waals surface area (Å²) in [5, 5.41) is 0. The Labute approximate surface area is 99.9 Å². The monoisotopic (exact) mass is 252 g/mol. The predicted octanol–water partition coefficient (Wildman–Crippen LogP) is 2.04. The maximum atomic E-state index is 11.8. The highest BCUT2D eigenvalue weighted by Crippen LogP contribution is 2.10. The van der Waals surface area contributed by atoms with Crippen LogP contribution < -0.4 is 0 Å². The highest BCUT2D eigenvalue weighted by Gasteiger charge is 2.03. The molecule has 0 saturated heterocycles. The molecular weight excluding hydrogens is 240 g/mol. The molecule has 86 valence electrons. The molecule has 2 rings (SSSR count). The molecule has 2 nitrogen and oxygen atoms in total. The van der Waals surface area contributed by atoms with Gasteiger partial charge in [0.25, 0.3) is 0 Å². The van der Waals surface area contributed by atoms with E-state index in [1.165, 1.54) is 0 Å². The van der Waals surface area contributed by atoms with Gasteiger partial charge < -0.3 is 0 Å². The third-order valence-corrected chi connectivity index (χ3v) is 5.25. The molecule has 0 aliphatic carbocycles. The van der Waals surface area contributed by atoms with Crippen molar-refractivity contribution in [2.75, 3.05) is 11.5 Å². The Balaban J connectivity index is 1.89. The molecule has 0 heterocycles. The van der Waals surface area contributed by atoms with Gasteiger partial charge in [0, 0.05) is 33.1 Å². The first kappa shape index (κ1) is 11.5. The molecule has 2 aromatic carbocycles. The summed E-state index contributed by atoms with van der Waals surface area (Å²) >= 11 is 0. The van der Waals surface area contributed by atoms with Crippen molar-refractivity contribution in [2.45, 2.75) is 9.79 Å². The van der Waals surface area contributed by atoms with E-state index < -0.39 is 21.6 Å². The summed E-state index contributed by atoms with van der Waals surface area (Å²) in [6.07, 6.45) is 0. The molecule has 0 aliphatic heterocycles. The molecule has 0 saturated carbocycles. The zero-order chi connectivity index (χ0) is 11.4. The van der Waals surface area contributed by atoms with Crippen molar-refractivity contribution < 1.29 is 8.42 Å². The average Bonchev–Trinajstić information content (AvgIpc) is 2.95. The Morgan fingerprint density at radius 1 is 0.875 bits per heavy atom. The molecule has 2 atom stereocenters. The Morgan fingerprint density at radius 2 is 1.31 bits per heavy atom. The van der Waals surface area contributed by atoms with Gasteiger partial charge in [0.1, 0.15) is 0 Å². The van der Waals surface area contributed by atoms with Crippen LogP contribution in [-0.2, 0) is 21.6 Å². The van der Waals surface area contributed by atoms with Crippen LogP contribution in [0, 0.1) is 0 Å². The summed E-state index contributed by atoms with van der Waals surface area (Å²) in [4.78, 5) is 1.64. The van der Waals surface area contributed by atoms with Crippen molar-refractivity contribution in [1.29, 1.82) is 0 Å². The van der Waals surface area contributed by atoms with Crippen LogP contribution in [-0.4, -0.2) is 19.9 Å². The summed E-state index contributed by atoms with van der Waals surface area (Å²) < 4.78 is 23.5. The van der Waals surface area contributed by atoms with Crippen LogP contribution in [0.5, 0.6) is 0 Å². The van der Waals surface area contributed by atoms with Crippen LogP contribution in [0.1, 0.15) is 0 Å². The van der Waals surface area contributed by atoms with E-state index in [0.29, 0.717) is 11.5 Å². The summed E-state index contributed by atoms with van der Waals surface area (Å²) in [6.45, 7) is 0. The molecule has 0 amide bonds. The van der Waals surface area contributed by atoms with Gasteiger partial charge in [-0.1, -0.05) is 9.79 Å². The van der Waals surface area contributed by atoms with Crippen LogP contribution >= 0.6 is 0 Å². The maximum Gasteiger partial charge on any atom is 0.0378 e. The predicted molar refractivity (Wildman–Crippen MR) is 66.6 cm³/mol. The molecule has 16 heavy (non-hydrogen) atoms. The second kappa shape index (κ2) is 5.37. The quantitative estimate of drug-likeness (QED) is 0.763. The highest BCUT2D eigenvalue weighted by atomic mass is 32.2. The first-order valence-electron chi connectivity index (χ1n) is 4.97. The van der Waals surface area contributed by atoms with Gasteiger partial charge in [-0.25, -0.2) is 12.1 Å². The van der Waals surface area contributed by atoms with Crippen LogP contribution in [0.25, 0.3) is 0 Å². The van der Waals surface area contributed by atoms with Crippen molar-refractivity contribution in [3.63, 3.8) is 0 Å². The number of hydrogen-bond donors (Lipinski definition) is 0. The van der Waals surface area contributed by atoms with E-state index in [0.717, 1.165) is 9.79 Å². The molecule has 0 aliphatic rings. The van der Waals surface area contributed by atoms with Gasteiger partial charge in [0.15, 0.2) is 0 Å². The second-order valence-electron chi connectivity index (χ2n) is 3.34. The lowest BCUT2D eigenvalue weighted by molar-refractivity contribution is 0.678. The summed E-state index contributed by atoms with van der Waals surface area (Å²) in [7, 11) is -2.06. The second-order valence-corrected chi connectivity index (χ2v) is 6.48. The van der Waals surface area contributed by atoms with Gasteiger partial charge in [-0.05, 0) is 0 Å². The van der Waals surface area contributed by atoms with Crippen molar-refractivity contribution in [1.82, 2.24) is 0 Å². The van der Waals surface area contributed by atoms with Gasteiger partial charge >= 0.3 is 0 Å². The topological polar surface area (TPSA) is 34.1 Å². The van der Waals surface area contributed by atoms with E-state index in [-0.39, 0.29) is 0 Å². The highest BCUT2D eigenvalue weighted by molar-refractivity contribution is 7.88. The summed E-state index contributed by atoms with van der Waals surface area (Å²) in [5.74, 6) is 0.892. The van der Waals surface area contributed by atoms with E-state index in [1.54, 1.807) is 0 Å². The van der Waals surface area contributed by atoms with E-state index in [2.05, 4.69) is 0 Å². The largest absolute Gasteiger partial charge is 0.256 e. The van der Waals surface area contributed by atoms with E-state index in [9.17, 15) is 8.42 Å². The maximum absolute atomic E-state index is 11.8. The molecule has 0 aromatic heterocycles. The van der Waals surface area contributed by atoms with Crippen molar-refractivity contribution in [3.05, 3.63) is 48.5 Å². The number of hydrogen-bond acceptors (Lipinski definition) is 2. The van der Waals surface area contributed by atoms with Gasteiger partial charge in [-0.2, -0.15) is 36.4 Å². The van der Waals surface area contributed by atoms with E-state index in [4.69, 9.17) is 0 Å². The third-order valence-electron chi connectivity index (χ3n) is 2.24. The fourth-order valence-electron chi connectivity index (χ4n) is 1.40. The summed E-state index contributed by atoms with van der Waals surface area (Å²) in [6, 6.07) is 14.8. The average molecular weight is 252 g/mol. The van der Waals surface area contributed by atoms with Crippen molar-refractivity contribution >= 4 is 21.6 Å². The normalized spacial score (nSPS) is 14.8. The molecule has 0 N–H and O–H groups in total. The van der Waals surface area contributed by atoms with E-state index >= 15 is 0 Å². The zero-order valence-electron chi connectivity index (χ0n) is 8.67. The lowest BCUT2D eigenvalue weighted by atomic mass is 10.7. The Morgan fingerprint density at radius 3 is 1.62 bits per heavy atom. The van der Waals surface area contributed by atoms with Crippen LogP contribution in [0.3, 0.4) is 0 Å². The minimum absolute atomic E-state index is 0.446. The lowest BCUT2D eigenvalue weighted by Gasteiger charge is -2.05. The fourth-order valence-corrected chi connectivity index (χ4v) is 4.01. The van der Waals surface area contributed by atoms with Crippen LogP contribution in [0.2, 0.25) is 0 Å². The fraction of sp³-hybridized carbons (Fsp3) is 0.167. The third kappa shape index (κ3) is 2.77. The smallest absolute Gasteiger partial charge is 0.0378 e. The SMILES string of the molecule is O=S(CCS(=O)c1ccc[cH-]1)c1ccc[cH-]1. The zero-order valence-corrected chi connectivity index (χ0v) is 10.3.